The summed E-state index contributed by atoms with van der Waals surface area (Å²) in [4.78, 5) is 22.5. The number of ether oxygens (including phenoxy) is 1. The fraction of sp³-hybridized carbons (Fsp3) is 0.273. The number of nitrogens with one attached hydrogen (secondary N) is 2. The number of benzene rings is 1. The molecule has 6 heteroatoms. The maximum atomic E-state index is 11.5. The Bertz CT molecular complexity index is 423. The summed E-state index contributed by atoms with van der Waals surface area (Å²) in [5, 5.41) is 5.50. The number of hydrogen-bond donors (Lipinski definition) is 2. The van der Waals surface area contributed by atoms with Crippen molar-refractivity contribution in [2.75, 3.05) is 12.4 Å². The minimum atomic E-state index is -0.709. The van der Waals surface area contributed by atoms with Crippen molar-refractivity contribution in [3.05, 3.63) is 29.3 Å². The molecule has 0 saturated carbocycles. The van der Waals surface area contributed by atoms with Gasteiger partial charge >= 0.3 is 12.0 Å². The van der Waals surface area contributed by atoms with Crippen LogP contribution in [0.1, 0.15) is 6.92 Å². The first kappa shape index (κ1) is 13.3. The Morgan fingerprint density at radius 1 is 1.41 bits per heavy atom. The van der Waals surface area contributed by atoms with Gasteiger partial charge in [0.05, 0.1) is 7.11 Å². The number of esters is 1. The van der Waals surface area contributed by atoms with E-state index in [2.05, 4.69) is 15.4 Å². The van der Waals surface area contributed by atoms with E-state index in [9.17, 15) is 9.59 Å². The molecule has 92 valence electrons. The molecule has 1 atom stereocenters. The molecule has 0 heterocycles. The van der Waals surface area contributed by atoms with Gasteiger partial charge in [-0.2, -0.15) is 0 Å². The van der Waals surface area contributed by atoms with Crippen LogP contribution in [0.4, 0.5) is 10.5 Å². The Balaban J connectivity index is 2.53. The van der Waals surface area contributed by atoms with Crippen molar-refractivity contribution in [1.82, 2.24) is 5.32 Å². The van der Waals surface area contributed by atoms with Crippen LogP contribution in [0.25, 0.3) is 0 Å². The Morgan fingerprint density at radius 2 is 2.12 bits per heavy atom. The molecule has 1 aromatic rings. The van der Waals surface area contributed by atoms with Gasteiger partial charge in [0.1, 0.15) is 6.04 Å². The fourth-order valence-corrected chi connectivity index (χ4v) is 1.36. The third kappa shape index (κ3) is 4.32. The molecule has 0 spiro atoms. The van der Waals surface area contributed by atoms with Gasteiger partial charge in [0.2, 0.25) is 0 Å². The lowest BCUT2D eigenvalue weighted by Crippen LogP contribution is -2.41. The molecule has 0 unspecified atom stereocenters. The summed E-state index contributed by atoms with van der Waals surface area (Å²) in [7, 11) is 1.26. The summed E-state index contributed by atoms with van der Waals surface area (Å²) in [6.07, 6.45) is 0. The second-order valence-electron chi connectivity index (χ2n) is 3.35. The lowest BCUT2D eigenvalue weighted by Gasteiger charge is -2.12. The summed E-state index contributed by atoms with van der Waals surface area (Å²) in [6, 6.07) is 5.49. The van der Waals surface area contributed by atoms with E-state index in [0.29, 0.717) is 10.7 Å². The van der Waals surface area contributed by atoms with Gasteiger partial charge < -0.3 is 15.4 Å². The normalized spacial score (nSPS) is 11.5. The fourth-order valence-electron chi connectivity index (χ4n) is 1.17. The van der Waals surface area contributed by atoms with Gasteiger partial charge in [0, 0.05) is 10.7 Å². The molecule has 0 aromatic heterocycles. The maximum Gasteiger partial charge on any atom is 0.328 e. The molecule has 2 N–H and O–H groups in total. The average Bonchev–Trinajstić information content (AvgIpc) is 2.27. The van der Waals surface area contributed by atoms with E-state index in [4.69, 9.17) is 11.6 Å². The van der Waals surface area contributed by atoms with Crippen molar-refractivity contribution in [2.24, 2.45) is 0 Å². The number of anilines is 1. The third-order valence-electron chi connectivity index (χ3n) is 1.98. The molecule has 0 aliphatic heterocycles. The average molecular weight is 257 g/mol. The molecule has 0 aliphatic rings. The number of amides is 2. The number of halogens is 1. The van der Waals surface area contributed by atoms with Crippen molar-refractivity contribution in [2.45, 2.75) is 13.0 Å². The second-order valence-corrected chi connectivity index (χ2v) is 3.79. The summed E-state index contributed by atoms with van der Waals surface area (Å²) < 4.78 is 4.48. The minimum Gasteiger partial charge on any atom is -0.467 e. The molecule has 0 fully saturated rings. The van der Waals surface area contributed by atoms with Crippen LogP contribution in [0.3, 0.4) is 0 Å². The number of carbonyl (C=O) groups excluding carboxylic acids is 2. The lowest BCUT2D eigenvalue weighted by atomic mass is 10.3. The van der Waals surface area contributed by atoms with E-state index in [0.717, 1.165) is 0 Å². The number of methoxy groups -OCH3 is 1. The van der Waals surface area contributed by atoms with Gasteiger partial charge in [0.25, 0.3) is 0 Å². The molecule has 1 aromatic carbocycles. The minimum absolute atomic E-state index is 0.495. The monoisotopic (exact) mass is 256 g/mol. The van der Waals surface area contributed by atoms with E-state index in [1.165, 1.54) is 14.0 Å². The predicted octanol–water partition coefficient (Wildman–Crippen LogP) is 2.02. The Labute approximate surface area is 104 Å². The molecule has 2 amide bonds. The molecular weight excluding hydrogens is 244 g/mol. The van der Waals surface area contributed by atoms with Gasteiger partial charge in [0.15, 0.2) is 0 Å². The molecule has 1 rings (SSSR count). The number of hydrogen-bond acceptors (Lipinski definition) is 3. The number of rotatable bonds is 3. The van der Waals surface area contributed by atoms with E-state index in [-0.39, 0.29) is 0 Å². The van der Waals surface area contributed by atoms with Crippen LogP contribution in [-0.2, 0) is 9.53 Å². The molecule has 0 saturated heterocycles. The highest BCUT2D eigenvalue weighted by molar-refractivity contribution is 6.30. The van der Waals surface area contributed by atoms with Gasteiger partial charge in [-0.1, -0.05) is 17.7 Å². The topological polar surface area (TPSA) is 67.4 Å². The molecule has 5 nitrogen and oxygen atoms in total. The van der Waals surface area contributed by atoms with E-state index < -0.39 is 18.0 Å². The van der Waals surface area contributed by atoms with Crippen LogP contribution in [0.2, 0.25) is 5.02 Å². The van der Waals surface area contributed by atoms with Gasteiger partial charge in [-0.3, -0.25) is 0 Å². The quantitative estimate of drug-likeness (QED) is 0.813. The van der Waals surface area contributed by atoms with Crippen LogP contribution in [0, 0.1) is 0 Å². The highest BCUT2D eigenvalue weighted by atomic mass is 35.5. The summed E-state index contributed by atoms with van der Waals surface area (Å²) >= 11 is 5.76. The summed E-state index contributed by atoms with van der Waals surface area (Å²) in [5.41, 5.74) is 0.548. The Hall–Kier alpha value is -1.75. The maximum absolute atomic E-state index is 11.5. The zero-order valence-corrected chi connectivity index (χ0v) is 10.2. The zero-order valence-electron chi connectivity index (χ0n) is 9.49. The van der Waals surface area contributed by atoms with Crippen LogP contribution < -0.4 is 10.6 Å². The Morgan fingerprint density at radius 3 is 2.71 bits per heavy atom. The summed E-state index contributed by atoms with van der Waals surface area (Å²) in [6.45, 7) is 1.53. The van der Waals surface area contributed by atoms with Crippen molar-refractivity contribution in [3.63, 3.8) is 0 Å². The molecular formula is C11H13ClN2O3. The third-order valence-corrected chi connectivity index (χ3v) is 2.22. The molecule has 17 heavy (non-hydrogen) atoms. The zero-order chi connectivity index (χ0) is 12.8. The lowest BCUT2D eigenvalue weighted by molar-refractivity contribution is -0.142. The number of urea groups is 1. The van der Waals surface area contributed by atoms with Crippen LogP contribution in [-0.4, -0.2) is 25.2 Å². The second kappa shape index (κ2) is 6.10. The van der Waals surface area contributed by atoms with Crippen LogP contribution >= 0.6 is 11.6 Å². The van der Waals surface area contributed by atoms with Gasteiger partial charge in [-0.25, -0.2) is 9.59 Å². The van der Waals surface area contributed by atoms with Crippen LogP contribution in [0.15, 0.2) is 24.3 Å². The first-order chi connectivity index (χ1) is 8.02. The van der Waals surface area contributed by atoms with Crippen molar-refractivity contribution in [3.8, 4) is 0 Å². The van der Waals surface area contributed by atoms with Crippen molar-refractivity contribution in [1.29, 1.82) is 0 Å². The molecule has 0 bridgehead atoms. The highest BCUT2D eigenvalue weighted by Gasteiger charge is 2.15. The standard InChI is InChI=1S/C11H13ClN2O3/c1-7(10(15)17-2)13-11(16)14-9-5-3-4-8(12)6-9/h3-7H,1-2H3,(H2,13,14,16)/t7-/m0/s1. The van der Waals surface area contributed by atoms with Gasteiger partial charge in [-0.15, -0.1) is 0 Å². The van der Waals surface area contributed by atoms with Crippen molar-refractivity contribution < 1.29 is 14.3 Å². The van der Waals surface area contributed by atoms with E-state index in [1.807, 2.05) is 0 Å². The van der Waals surface area contributed by atoms with Gasteiger partial charge in [-0.05, 0) is 25.1 Å². The van der Waals surface area contributed by atoms with E-state index in [1.54, 1.807) is 24.3 Å². The van der Waals surface area contributed by atoms with Crippen molar-refractivity contribution >= 4 is 29.3 Å². The summed E-state index contributed by atoms with van der Waals surface area (Å²) in [5.74, 6) is -0.508. The smallest absolute Gasteiger partial charge is 0.328 e. The molecule has 0 radical (unpaired) electrons. The van der Waals surface area contributed by atoms with Crippen LogP contribution in [0.5, 0.6) is 0 Å². The Kier molecular flexibility index (Phi) is 4.78. The SMILES string of the molecule is COC(=O)[C@H](C)NC(=O)Nc1cccc(Cl)c1. The molecule has 0 aliphatic carbocycles. The highest BCUT2D eigenvalue weighted by Crippen LogP contribution is 2.14. The van der Waals surface area contributed by atoms with E-state index >= 15 is 0 Å². The first-order valence-electron chi connectivity index (χ1n) is 4.94. The largest absolute Gasteiger partial charge is 0.467 e. The number of carbonyl (C=O) groups is 2. The predicted molar refractivity (Wildman–Crippen MR) is 65.1 cm³/mol. The first-order valence-corrected chi connectivity index (χ1v) is 5.31.